The zero-order chi connectivity index (χ0) is 11.4. The van der Waals surface area contributed by atoms with E-state index in [4.69, 9.17) is 10.2 Å². The van der Waals surface area contributed by atoms with Crippen molar-refractivity contribution in [2.24, 2.45) is 5.73 Å². The average Bonchev–Trinajstić information content (AvgIpc) is 2.64. The van der Waals surface area contributed by atoms with E-state index in [1.165, 1.54) is 5.56 Å². The lowest BCUT2D eigenvalue weighted by molar-refractivity contribution is 0.560. The molecule has 1 heterocycles. The van der Waals surface area contributed by atoms with Gasteiger partial charge in [-0.1, -0.05) is 6.07 Å². The number of nitrogens with two attached hydrogens (primary N) is 1. The van der Waals surface area contributed by atoms with Crippen LogP contribution in [0.15, 0.2) is 22.6 Å². The molecule has 2 aromatic rings. The van der Waals surface area contributed by atoms with Gasteiger partial charge in [-0.3, -0.25) is 0 Å². The van der Waals surface area contributed by atoms with Gasteiger partial charge in [0.15, 0.2) is 11.5 Å². The molecule has 0 amide bonds. The van der Waals surface area contributed by atoms with Gasteiger partial charge in [0.05, 0.1) is 0 Å². The van der Waals surface area contributed by atoms with Crippen molar-refractivity contribution >= 4 is 11.1 Å². The standard InChI is InChI=1S/C12H17N3O/c1-9-15-11-4-3-10(7-12(11)16-9)8-14-6-2-5-13/h3-4,7,14H,2,5-6,8,13H2,1H3. The average molecular weight is 219 g/mol. The van der Waals surface area contributed by atoms with E-state index >= 15 is 0 Å². The quantitative estimate of drug-likeness (QED) is 0.749. The van der Waals surface area contributed by atoms with Gasteiger partial charge in [0.1, 0.15) is 5.52 Å². The minimum absolute atomic E-state index is 0.711. The number of fused-ring (bicyclic) bond motifs is 1. The molecular weight excluding hydrogens is 202 g/mol. The predicted molar refractivity (Wildman–Crippen MR) is 64.1 cm³/mol. The van der Waals surface area contributed by atoms with Crippen LogP contribution in [0.4, 0.5) is 0 Å². The van der Waals surface area contributed by atoms with Gasteiger partial charge in [0, 0.05) is 13.5 Å². The molecule has 0 aliphatic rings. The highest BCUT2D eigenvalue weighted by molar-refractivity contribution is 5.73. The molecule has 3 N–H and O–H groups in total. The molecular formula is C12H17N3O. The van der Waals surface area contributed by atoms with Crippen molar-refractivity contribution in [2.75, 3.05) is 13.1 Å². The summed E-state index contributed by atoms with van der Waals surface area (Å²) in [6.45, 7) is 4.38. The number of benzene rings is 1. The van der Waals surface area contributed by atoms with Gasteiger partial charge in [0.25, 0.3) is 0 Å². The van der Waals surface area contributed by atoms with Gasteiger partial charge < -0.3 is 15.5 Å². The maximum atomic E-state index is 5.48. The number of oxazole rings is 1. The largest absolute Gasteiger partial charge is 0.441 e. The third-order valence-electron chi connectivity index (χ3n) is 2.45. The van der Waals surface area contributed by atoms with Crippen molar-refractivity contribution in [1.82, 2.24) is 10.3 Å². The number of aromatic nitrogens is 1. The Balaban J connectivity index is 2.02. The van der Waals surface area contributed by atoms with Crippen LogP contribution in [-0.2, 0) is 6.54 Å². The highest BCUT2D eigenvalue weighted by Crippen LogP contribution is 2.16. The predicted octanol–water partition coefficient (Wildman–Crippen LogP) is 1.57. The first kappa shape index (κ1) is 11.1. The minimum Gasteiger partial charge on any atom is -0.441 e. The first-order valence-electron chi connectivity index (χ1n) is 5.56. The van der Waals surface area contributed by atoms with Crippen molar-refractivity contribution in [2.45, 2.75) is 19.9 Å². The molecule has 4 heteroatoms. The van der Waals surface area contributed by atoms with E-state index in [0.717, 1.165) is 37.2 Å². The topological polar surface area (TPSA) is 64.1 Å². The Hall–Kier alpha value is -1.39. The number of hydrogen-bond acceptors (Lipinski definition) is 4. The van der Waals surface area contributed by atoms with Gasteiger partial charge in [-0.05, 0) is 37.2 Å². The Morgan fingerprint density at radius 1 is 1.44 bits per heavy atom. The molecule has 0 atom stereocenters. The van der Waals surface area contributed by atoms with Gasteiger partial charge in [-0.25, -0.2) is 4.98 Å². The summed E-state index contributed by atoms with van der Waals surface area (Å²) in [7, 11) is 0. The van der Waals surface area contributed by atoms with E-state index in [9.17, 15) is 0 Å². The highest BCUT2D eigenvalue weighted by Gasteiger charge is 2.02. The Bertz CT molecular complexity index is 464. The van der Waals surface area contributed by atoms with E-state index in [0.29, 0.717) is 5.89 Å². The lowest BCUT2D eigenvalue weighted by Gasteiger charge is -2.03. The van der Waals surface area contributed by atoms with Crippen LogP contribution in [0.5, 0.6) is 0 Å². The number of nitrogens with zero attached hydrogens (tertiary/aromatic N) is 1. The first-order chi connectivity index (χ1) is 7.79. The minimum atomic E-state index is 0.711. The summed E-state index contributed by atoms with van der Waals surface area (Å²) in [5.74, 6) is 0.711. The molecule has 0 aliphatic carbocycles. The van der Waals surface area contributed by atoms with E-state index in [1.807, 2.05) is 19.1 Å². The van der Waals surface area contributed by atoms with Gasteiger partial charge in [-0.2, -0.15) is 0 Å². The lowest BCUT2D eigenvalue weighted by Crippen LogP contribution is -2.17. The molecule has 16 heavy (non-hydrogen) atoms. The van der Waals surface area contributed by atoms with E-state index in [2.05, 4.69) is 16.4 Å². The van der Waals surface area contributed by atoms with Crippen molar-refractivity contribution in [3.05, 3.63) is 29.7 Å². The Morgan fingerprint density at radius 3 is 3.12 bits per heavy atom. The van der Waals surface area contributed by atoms with Crippen molar-refractivity contribution in [3.8, 4) is 0 Å². The molecule has 0 unspecified atom stereocenters. The highest BCUT2D eigenvalue weighted by atomic mass is 16.3. The molecule has 0 saturated carbocycles. The summed E-state index contributed by atoms with van der Waals surface area (Å²) in [5.41, 5.74) is 8.41. The Kier molecular flexibility index (Phi) is 3.54. The van der Waals surface area contributed by atoms with Crippen LogP contribution < -0.4 is 11.1 Å². The smallest absolute Gasteiger partial charge is 0.192 e. The molecule has 0 fully saturated rings. The maximum Gasteiger partial charge on any atom is 0.192 e. The summed E-state index contributed by atoms with van der Waals surface area (Å²) in [6.07, 6.45) is 1.00. The molecule has 0 radical (unpaired) electrons. The second-order valence-electron chi connectivity index (χ2n) is 3.85. The molecule has 0 saturated heterocycles. The second-order valence-corrected chi connectivity index (χ2v) is 3.85. The zero-order valence-corrected chi connectivity index (χ0v) is 9.49. The molecule has 0 spiro atoms. The van der Waals surface area contributed by atoms with Crippen molar-refractivity contribution in [3.63, 3.8) is 0 Å². The van der Waals surface area contributed by atoms with Gasteiger partial charge >= 0.3 is 0 Å². The van der Waals surface area contributed by atoms with Crippen LogP contribution in [-0.4, -0.2) is 18.1 Å². The van der Waals surface area contributed by atoms with Crippen LogP contribution in [0.1, 0.15) is 17.9 Å². The molecule has 0 bridgehead atoms. The summed E-state index contributed by atoms with van der Waals surface area (Å²) in [4.78, 5) is 4.26. The fourth-order valence-corrected chi connectivity index (χ4v) is 1.65. The zero-order valence-electron chi connectivity index (χ0n) is 9.49. The monoisotopic (exact) mass is 219 g/mol. The lowest BCUT2D eigenvalue weighted by atomic mass is 10.2. The van der Waals surface area contributed by atoms with Gasteiger partial charge in [0.2, 0.25) is 0 Å². The summed E-state index contributed by atoms with van der Waals surface area (Å²) < 4.78 is 5.48. The summed E-state index contributed by atoms with van der Waals surface area (Å²) in [6, 6.07) is 6.09. The normalized spacial score (nSPS) is 11.1. The molecule has 4 nitrogen and oxygen atoms in total. The molecule has 1 aromatic heterocycles. The third-order valence-corrected chi connectivity index (χ3v) is 2.45. The molecule has 0 aliphatic heterocycles. The van der Waals surface area contributed by atoms with Crippen molar-refractivity contribution < 1.29 is 4.42 Å². The van der Waals surface area contributed by atoms with Crippen LogP contribution in [0.2, 0.25) is 0 Å². The first-order valence-corrected chi connectivity index (χ1v) is 5.56. The third kappa shape index (κ3) is 2.59. The van der Waals surface area contributed by atoms with Gasteiger partial charge in [-0.15, -0.1) is 0 Å². The number of hydrogen-bond donors (Lipinski definition) is 2. The number of rotatable bonds is 5. The Morgan fingerprint density at radius 2 is 2.31 bits per heavy atom. The Labute approximate surface area is 94.8 Å². The van der Waals surface area contributed by atoms with Crippen LogP contribution in [0.25, 0.3) is 11.1 Å². The molecule has 86 valence electrons. The van der Waals surface area contributed by atoms with Crippen LogP contribution in [0, 0.1) is 6.92 Å². The van der Waals surface area contributed by atoms with Crippen molar-refractivity contribution in [1.29, 1.82) is 0 Å². The van der Waals surface area contributed by atoms with E-state index in [-0.39, 0.29) is 0 Å². The van der Waals surface area contributed by atoms with Crippen LogP contribution in [0.3, 0.4) is 0 Å². The van der Waals surface area contributed by atoms with E-state index in [1.54, 1.807) is 0 Å². The number of aryl methyl sites for hydroxylation is 1. The maximum absolute atomic E-state index is 5.48. The number of nitrogens with one attached hydrogen (secondary N) is 1. The second kappa shape index (κ2) is 5.09. The summed E-state index contributed by atoms with van der Waals surface area (Å²) >= 11 is 0. The summed E-state index contributed by atoms with van der Waals surface area (Å²) in [5, 5.41) is 3.33. The fourth-order valence-electron chi connectivity index (χ4n) is 1.65. The van der Waals surface area contributed by atoms with Crippen LogP contribution >= 0.6 is 0 Å². The fraction of sp³-hybridized carbons (Fsp3) is 0.417. The molecule has 2 rings (SSSR count). The van der Waals surface area contributed by atoms with E-state index < -0.39 is 0 Å². The SMILES string of the molecule is Cc1nc2ccc(CNCCCN)cc2o1. The molecule has 1 aromatic carbocycles.